The van der Waals surface area contributed by atoms with Gasteiger partial charge in [-0.05, 0) is 66.1 Å². The zero-order valence-corrected chi connectivity index (χ0v) is 18.4. The van der Waals surface area contributed by atoms with Crippen molar-refractivity contribution in [3.8, 4) is 23.0 Å². The molecular weight excluding hydrogens is 400 g/mol. The molecule has 166 valence electrons. The van der Waals surface area contributed by atoms with Crippen molar-refractivity contribution in [3.05, 3.63) is 120 Å². The maximum atomic E-state index is 9.37. The smallest absolute Gasteiger partial charge is 0.115 e. The summed E-state index contributed by atoms with van der Waals surface area (Å²) in [6.07, 6.45) is 0.947. The zero-order chi connectivity index (χ0) is 23.4. The molecule has 0 unspecified atom stereocenters. The van der Waals surface area contributed by atoms with Crippen LogP contribution in [0.1, 0.15) is 31.4 Å². The highest BCUT2D eigenvalue weighted by atomic mass is 16.3. The summed E-state index contributed by atoms with van der Waals surface area (Å²) < 4.78 is 0. The van der Waals surface area contributed by atoms with E-state index in [9.17, 15) is 10.2 Å². The molecule has 0 aliphatic heterocycles. The van der Waals surface area contributed by atoms with Gasteiger partial charge in [-0.15, -0.1) is 0 Å². The topological polar surface area (TPSA) is 80.9 Å². The first-order chi connectivity index (χ1) is 15.3. The third-order valence-electron chi connectivity index (χ3n) is 5.23. The van der Waals surface area contributed by atoms with Crippen LogP contribution in [0.4, 0.5) is 0 Å². The summed E-state index contributed by atoms with van der Waals surface area (Å²) in [6, 6.07) is 32.1. The monoisotopic (exact) mass is 430 g/mol. The van der Waals surface area contributed by atoms with Crippen molar-refractivity contribution in [2.45, 2.75) is 25.7 Å². The first kappa shape index (κ1) is 24.4. The zero-order valence-electron chi connectivity index (χ0n) is 18.4. The van der Waals surface area contributed by atoms with Gasteiger partial charge in [-0.3, -0.25) is 0 Å². The molecule has 0 atom stereocenters. The van der Waals surface area contributed by atoms with Crippen LogP contribution < -0.4 is 0 Å². The lowest BCUT2D eigenvalue weighted by Gasteiger charge is -2.29. The van der Waals surface area contributed by atoms with Crippen LogP contribution >= 0.6 is 0 Å². The Morgan fingerprint density at radius 3 is 0.969 bits per heavy atom. The summed E-state index contributed by atoms with van der Waals surface area (Å²) in [6.45, 7) is 4.31. The van der Waals surface area contributed by atoms with Gasteiger partial charge in [0, 0.05) is 5.41 Å². The molecule has 0 aliphatic rings. The van der Waals surface area contributed by atoms with Crippen LogP contribution in [0.5, 0.6) is 23.0 Å². The van der Waals surface area contributed by atoms with Crippen molar-refractivity contribution in [1.29, 1.82) is 0 Å². The first-order valence-corrected chi connectivity index (χ1v) is 10.4. The molecule has 0 radical (unpaired) electrons. The van der Waals surface area contributed by atoms with Gasteiger partial charge in [0.15, 0.2) is 0 Å². The minimum Gasteiger partial charge on any atom is -0.508 e. The van der Waals surface area contributed by atoms with Gasteiger partial charge < -0.3 is 20.4 Å². The van der Waals surface area contributed by atoms with Crippen molar-refractivity contribution in [1.82, 2.24) is 0 Å². The highest BCUT2D eigenvalue weighted by Gasteiger charge is 2.26. The first-order valence-electron chi connectivity index (χ1n) is 10.4. The Labute approximate surface area is 189 Å². The predicted octanol–water partition coefficient (Wildman–Crippen LogP) is 6.60. The molecule has 0 saturated carbocycles. The molecule has 0 fully saturated rings. The molecule has 0 amide bonds. The Kier molecular flexibility index (Phi) is 9.18. The summed E-state index contributed by atoms with van der Waals surface area (Å²) in [5, 5.41) is 36.0. The molecule has 0 spiro atoms. The van der Waals surface area contributed by atoms with E-state index in [1.807, 2.05) is 36.4 Å². The van der Waals surface area contributed by atoms with Crippen LogP contribution in [0.3, 0.4) is 0 Å². The van der Waals surface area contributed by atoms with Gasteiger partial charge in [0.25, 0.3) is 0 Å². The van der Waals surface area contributed by atoms with Crippen molar-refractivity contribution in [2.75, 3.05) is 0 Å². The van der Waals surface area contributed by atoms with Gasteiger partial charge in [0.2, 0.25) is 0 Å². The van der Waals surface area contributed by atoms with Crippen LogP contribution in [-0.4, -0.2) is 20.4 Å². The van der Waals surface area contributed by atoms with Crippen molar-refractivity contribution < 1.29 is 20.4 Å². The van der Waals surface area contributed by atoms with Crippen LogP contribution in [0.15, 0.2) is 109 Å². The Bertz CT molecular complexity index is 945. The molecular formula is C28H30O4. The minimum atomic E-state index is -0.110. The lowest BCUT2D eigenvalue weighted by atomic mass is 9.74. The van der Waals surface area contributed by atoms with E-state index in [1.165, 1.54) is 0 Å². The summed E-state index contributed by atoms with van der Waals surface area (Å²) in [7, 11) is 0. The second-order valence-corrected chi connectivity index (χ2v) is 7.45. The van der Waals surface area contributed by atoms with E-state index in [-0.39, 0.29) is 16.9 Å². The summed E-state index contributed by atoms with van der Waals surface area (Å²) in [5.74, 6) is 1.20. The molecule has 4 rings (SSSR count). The van der Waals surface area contributed by atoms with Gasteiger partial charge in [-0.1, -0.05) is 74.5 Å². The SMILES string of the molecule is CCC(C)(c1ccc(O)cc1)c1ccc(O)cc1.Oc1ccccc1.Oc1ccccc1. The number of hydrogen-bond acceptors (Lipinski definition) is 4. The second-order valence-electron chi connectivity index (χ2n) is 7.45. The number of phenols is 4. The number of hydrogen-bond donors (Lipinski definition) is 4. The van der Waals surface area contributed by atoms with Gasteiger partial charge in [0.1, 0.15) is 23.0 Å². The van der Waals surface area contributed by atoms with Crippen molar-refractivity contribution in [2.24, 2.45) is 0 Å². The molecule has 4 N–H and O–H groups in total. The molecule has 4 heteroatoms. The van der Waals surface area contributed by atoms with Crippen molar-refractivity contribution >= 4 is 0 Å². The Morgan fingerprint density at radius 1 is 0.469 bits per heavy atom. The second kappa shape index (κ2) is 12.1. The third kappa shape index (κ3) is 7.40. The van der Waals surface area contributed by atoms with E-state index in [0.29, 0.717) is 11.5 Å². The number of para-hydroxylation sites is 2. The average molecular weight is 431 g/mol. The van der Waals surface area contributed by atoms with Gasteiger partial charge in [-0.2, -0.15) is 0 Å². The number of rotatable bonds is 3. The Hall–Kier alpha value is -3.92. The Balaban J connectivity index is 0.000000211. The third-order valence-corrected chi connectivity index (χ3v) is 5.23. The highest BCUT2D eigenvalue weighted by molar-refractivity contribution is 5.42. The minimum absolute atomic E-state index is 0.110. The fourth-order valence-electron chi connectivity index (χ4n) is 3.09. The standard InChI is InChI=1S/C16H18O2.2C6H6O/c1-3-16(2,12-4-8-14(17)9-5-12)13-6-10-15(18)11-7-13;2*7-6-4-2-1-3-5-6/h4-11,17-18H,3H2,1-2H3;2*1-5,7H. The number of benzene rings is 4. The number of aromatic hydroxyl groups is 4. The van der Waals surface area contributed by atoms with E-state index in [0.717, 1.165) is 17.5 Å². The maximum absolute atomic E-state index is 9.37. The van der Waals surface area contributed by atoms with E-state index in [2.05, 4.69) is 13.8 Å². The molecule has 4 nitrogen and oxygen atoms in total. The molecule has 0 saturated heterocycles. The van der Waals surface area contributed by atoms with Crippen LogP contribution in [0.25, 0.3) is 0 Å². The molecule has 0 aliphatic carbocycles. The lowest BCUT2D eigenvalue weighted by molar-refractivity contribution is 0.472. The fraction of sp³-hybridized carbons (Fsp3) is 0.143. The predicted molar refractivity (Wildman–Crippen MR) is 129 cm³/mol. The van der Waals surface area contributed by atoms with Crippen LogP contribution in [-0.2, 0) is 5.41 Å². The number of phenolic OH excluding ortho intramolecular Hbond substituents is 4. The van der Waals surface area contributed by atoms with Gasteiger partial charge in [0.05, 0.1) is 0 Å². The van der Waals surface area contributed by atoms with E-state index >= 15 is 0 Å². The molecule has 0 bridgehead atoms. The lowest BCUT2D eigenvalue weighted by Crippen LogP contribution is -2.22. The summed E-state index contributed by atoms with van der Waals surface area (Å²) in [5.41, 5.74) is 2.21. The quantitative estimate of drug-likeness (QED) is 0.295. The largest absolute Gasteiger partial charge is 0.508 e. The molecule has 4 aromatic carbocycles. The normalized spacial score (nSPS) is 10.2. The molecule has 0 aromatic heterocycles. The van der Waals surface area contributed by atoms with Crippen molar-refractivity contribution in [3.63, 3.8) is 0 Å². The summed E-state index contributed by atoms with van der Waals surface area (Å²) >= 11 is 0. The average Bonchev–Trinajstić information content (AvgIpc) is 2.81. The van der Waals surface area contributed by atoms with Gasteiger partial charge in [-0.25, -0.2) is 0 Å². The fourth-order valence-corrected chi connectivity index (χ4v) is 3.09. The molecule has 32 heavy (non-hydrogen) atoms. The molecule has 4 aromatic rings. The van der Waals surface area contributed by atoms with Crippen LogP contribution in [0, 0.1) is 0 Å². The van der Waals surface area contributed by atoms with Gasteiger partial charge >= 0.3 is 0 Å². The van der Waals surface area contributed by atoms with E-state index < -0.39 is 0 Å². The van der Waals surface area contributed by atoms with Crippen LogP contribution in [0.2, 0.25) is 0 Å². The molecule has 0 heterocycles. The Morgan fingerprint density at radius 2 is 0.750 bits per heavy atom. The summed E-state index contributed by atoms with van der Waals surface area (Å²) in [4.78, 5) is 0. The maximum Gasteiger partial charge on any atom is 0.115 e. The highest BCUT2D eigenvalue weighted by Crippen LogP contribution is 2.36. The van der Waals surface area contributed by atoms with E-state index in [4.69, 9.17) is 10.2 Å². The van der Waals surface area contributed by atoms with E-state index in [1.54, 1.807) is 72.8 Å².